The molecule has 0 unspecified atom stereocenters. The second-order valence-electron chi connectivity index (χ2n) is 2.70. The summed E-state index contributed by atoms with van der Waals surface area (Å²) in [5, 5.41) is 1.71. The van der Waals surface area contributed by atoms with Gasteiger partial charge >= 0.3 is 0 Å². The van der Waals surface area contributed by atoms with Crippen molar-refractivity contribution in [2.45, 2.75) is 6.92 Å². The molecular weight excluding hydrogens is 164 g/mol. The van der Waals surface area contributed by atoms with E-state index in [1.807, 2.05) is 0 Å². The third-order valence-electron chi connectivity index (χ3n) is 1.35. The molecular formula is C10H16N2O. The maximum Gasteiger partial charge on any atom is 0.260 e. The maximum atomic E-state index is 11.2. The Hall–Kier alpha value is -1.35. The molecule has 0 aliphatic heterocycles. The lowest BCUT2D eigenvalue weighted by atomic mass is 10.3. The Labute approximate surface area is 79.4 Å². The summed E-state index contributed by atoms with van der Waals surface area (Å²) in [6.45, 7) is 13.5. The van der Waals surface area contributed by atoms with E-state index in [2.05, 4.69) is 25.2 Å². The number of amides is 1. The summed E-state index contributed by atoms with van der Waals surface area (Å²) >= 11 is 0. The molecule has 0 saturated carbocycles. The standard InChI is InChI=1S/C10H16N2O/c1-5-7-12(8-6-2)11-10(13)9(3)4/h5-6H,1-3,7-8H2,4H3,(H,11,13). The lowest BCUT2D eigenvalue weighted by molar-refractivity contribution is -0.121. The zero-order chi connectivity index (χ0) is 10.3. The lowest BCUT2D eigenvalue weighted by Crippen LogP contribution is -2.42. The Bertz CT molecular complexity index is 211. The summed E-state index contributed by atoms with van der Waals surface area (Å²) in [6, 6.07) is 0. The first kappa shape index (κ1) is 11.6. The van der Waals surface area contributed by atoms with E-state index in [0.717, 1.165) is 0 Å². The second kappa shape index (κ2) is 6.20. The topological polar surface area (TPSA) is 32.3 Å². The van der Waals surface area contributed by atoms with Crippen LogP contribution in [0.25, 0.3) is 0 Å². The monoisotopic (exact) mass is 180 g/mol. The fourth-order valence-electron chi connectivity index (χ4n) is 0.717. The van der Waals surface area contributed by atoms with E-state index in [0.29, 0.717) is 18.7 Å². The summed E-state index contributed by atoms with van der Waals surface area (Å²) in [7, 11) is 0. The first-order chi connectivity index (χ1) is 6.11. The number of nitrogens with zero attached hydrogens (tertiary/aromatic N) is 1. The Morgan fingerprint density at radius 1 is 1.38 bits per heavy atom. The molecule has 1 amide bonds. The van der Waals surface area contributed by atoms with E-state index in [9.17, 15) is 4.79 Å². The molecule has 0 rings (SSSR count). The van der Waals surface area contributed by atoms with Crippen molar-refractivity contribution in [2.24, 2.45) is 0 Å². The molecule has 3 heteroatoms. The molecule has 0 radical (unpaired) electrons. The van der Waals surface area contributed by atoms with Crippen LogP contribution in [0.3, 0.4) is 0 Å². The van der Waals surface area contributed by atoms with Crippen LogP contribution in [0, 0.1) is 0 Å². The van der Waals surface area contributed by atoms with Gasteiger partial charge in [0.2, 0.25) is 0 Å². The van der Waals surface area contributed by atoms with Crippen molar-refractivity contribution in [3.05, 3.63) is 37.5 Å². The van der Waals surface area contributed by atoms with Crippen LogP contribution in [0.1, 0.15) is 6.92 Å². The highest BCUT2D eigenvalue weighted by molar-refractivity contribution is 5.91. The van der Waals surface area contributed by atoms with E-state index in [1.54, 1.807) is 24.1 Å². The van der Waals surface area contributed by atoms with Crippen LogP contribution in [-0.4, -0.2) is 24.0 Å². The molecule has 0 aliphatic carbocycles. The molecule has 3 nitrogen and oxygen atoms in total. The predicted octanol–water partition coefficient (Wildman–Crippen LogP) is 1.27. The Kier molecular flexibility index (Phi) is 5.55. The number of carbonyl (C=O) groups is 1. The van der Waals surface area contributed by atoms with E-state index in [4.69, 9.17) is 0 Å². The quantitative estimate of drug-likeness (QED) is 0.379. The minimum Gasteiger partial charge on any atom is -0.284 e. The molecule has 0 aromatic heterocycles. The molecule has 0 atom stereocenters. The number of hydrogen-bond acceptors (Lipinski definition) is 2. The Morgan fingerprint density at radius 3 is 2.15 bits per heavy atom. The fourth-order valence-corrected chi connectivity index (χ4v) is 0.717. The van der Waals surface area contributed by atoms with E-state index in [1.165, 1.54) is 0 Å². The van der Waals surface area contributed by atoms with Gasteiger partial charge in [0.05, 0.1) is 0 Å². The van der Waals surface area contributed by atoms with Crippen molar-refractivity contribution in [3.63, 3.8) is 0 Å². The minimum atomic E-state index is -0.177. The fraction of sp³-hybridized carbons (Fsp3) is 0.300. The summed E-state index contributed by atoms with van der Waals surface area (Å²) in [6.07, 6.45) is 3.42. The van der Waals surface area contributed by atoms with Gasteiger partial charge in [0, 0.05) is 18.7 Å². The SMILES string of the molecule is C=CCN(CC=C)NC(=O)C(=C)C. The summed E-state index contributed by atoms with van der Waals surface area (Å²) in [5.41, 5.74) is 3.16. The van der Waals surface area contributed by atoms with Gasteiger partial charge in [-0.15, -0.1) is 13.2 Å². The van der Waals surface area contributed by atoms with Crippen molar-refractivity contribution in [1.82, 2.24) is 10.4 Å². The predicted molar refractivity (Wildman–Crippen MR) is 54.9 cm³/mol. The molecule has 0 saturated heterocycles. The van der Waals surface area contributed by atoms with Crippen molar-refractivity contribution in [3.8, 4) is 0 Å². The number of rotatable bonds is 6. The zero-order valence-electron chi connectivity index (χ0n) is 8.05. The van der Waals surface area contributed by atoms with Crippen LogP contribution >= 0.6 is 0 Å². The molecule has 72 valence electrons. The van der Waals surface area contributed by atoms with Crippen LogP contribution < -0.4 is 5.43 Å². The average Bonchev–Trinajstić information content (AvgIpc) is 2.05. The Balaban J connectivity index is 4.07. The van der Waals surface area contributed by atoms with Gasteiger partial charge in [-0.3, -0.25) is 10.2 Å². The van der Waals surface area contributed by atoms with Gasteiger partial charge in [-0.05, 0) is 6.92 Å². The molecule has 0 bridgehead atoms. The second-order valence-corrected chi connectivity index (χ2v) is 2.70. The Morgan fingerprint density at radius 2 is 1.85 bits per heavy atom. The highest BCUT2D eigenvalue weighted by atomic mass is 16.2. The minimum absolute atomic E-state index is 0.177. The van der Waals surface area contributed by atoms with Crippen LogP contribution in [0.4, 0.5) is 0 Å². The van der Waals surface area contributed by atoms with Crippen molar-refractivity contribution < 1.29 is 4.79 Å². The lowest BCUT2D eigenvalue weighted by Gasteiger charge is -2.19. The molecule has 1 N–H and O–H groups in total. The van der Waals surface area contributed by atoms with E-state index in [-0.39, 0.29) is 5.91 Å². The molecule has 0 spiro atoms. The first-order valence-corrected chi connectivity index (χ1v) is 4.05. The highest BCUT2D eigenvalue weighted by Gasteiger charge is 2.05. The number of carbonyl (C=O) groups excluding carboxylic acids is 1. The van der Waals surface area contributed by atoms with Crippen LogP contribution in [0.15, 0.2) is 37.5 Å². The number of nitrogens with one attached hydrogen (secondary N) is 1. The normalized spacial score (nSPS) is 9.38. The van der Waals surface area contributed by atoms with Gasteiger partial charge < -0.3 is 0 Å². The van der Waals surface area contributed by atoms with Crippen LogP contribution in [-0.2, 0) is 4.79 Å². The molecule has 0 aromatic carbocycles. The summed E-state index contributed by atoms with van der Waals surface area (Å²) < 4.78 is 0. The van der Waals surface area contributed by atoms with Gasteiger partial charge in [-0.1, -0.05) is 18.7 Å². The summed E-state index contributed by atoms with van der Waals surface area (Å²) in [4.78, 5) is 11.2. The van der Waals surface area contributed by atoms with Crippen molar-refractivity contribution >= 4 is 5.91 Å². The molecule has 13 heavy (non-hydrogen) atoms. The van der Waals surface area contributed by atoms with Crippen molar-refractivity contribution in [2.75, 3.05) is 13.1 Å². The summed E-state index contributed by atoms with van der Waals surface area (Å²) in [5.74, 6) is -0.177. The molecule has 0 aliphatic rings. The van der Waals surface area contributed by atoms with Crippen LogP contribution in [0.2, 0.25) is 0 Å². The zero-order valence-corrected chi connectivity index (χ0v) is 8.05. The third kappa shape index (κ3) is 4.98. The van der Waals surface area contributed by atoms with E-state index < -0.39 is 0 Å². The first-order valence-electron chi connectivity index (χ1n) is 4.05. The smallest absolute Gasteiger partial charge is 0.260 e. The molecule has 0 heterocycles. The third-order valence-corrected chi connectivity index (χ3v) is 1.35. The molecule has 0 fully saturated rings. The maximum absolute atomic E-state index is 11.2. The molecule has 0 aromatic rings. The van der Waals surface area contributed by atoms with Gasteiger partial charge in [-0.2, -0.15) is 0 Å². The van der Waals surface area contributed by atoms with E-state index >= 15 is 0 Å². The number of hydrazine groups is 1. The highest BCUT2D eigenvalue weighted by Crippen LogP contribution is 1.89. The van der Waals surface area contributed by atoms with Gasteiger partial charge in [0.1, 0.15) is 0 Å². The largest absolute Gasteiger partial charge is 0.284 e. The van der Waals surface area contributed by atoms with Crippen molar-refractivity contribution in [1.29, 1.82) is 0 Å². The van der Waals surface area contributed by atoms with Crippen LogP contribution in [0.5, 0.6) is 0 Å². The van der Waals surface area contributed by atoms with Gasteiger partial charge in [-0.25, -0.2) is 5.01 Å². The van der Waals surface area contributed by atoms with Gasteiger partial charge in [0.15, 0.2) is 0 Å². The average molecular weight is 180 g/mol. The van der Waals surface area contributed by atoms with Gasteiger partial charge in [0.25, 0.3) is 5.91 Å². The number of hydrogen-bond donors (Lipinski definition) is 1.